The predicted molar refractivity (Wildman–Crippen MR) is 56.3 cm³/mol. The number of benzene rings is 1. The molecule has 1 aromatic carbocycles. The lowest BCUT2D eigenvalue weighted by Gasteiger charge is -2.04. The molecule has 0 bridgehead atoms. The van der Waals surface area contributed by atoms with Crippen LogP contribution in [0, 0.1) is 17.7 Å². The van der Waals surface area contributed by atoms with Gasteiger partial charge in [-0.2, -0.15) is 4.39 Å². The zero-order valence-corrected chi connectivity index (χ0v) is 8.82. The third-order valence-corrected chi connectivity index (χ3v) is 2.06. The second-order valence-corrected chi connectivity index (χ2v) is 3.32. The van der Waals surface area contributed by atoms with Gasteiger partial charge in [-0.3, -0.25) is 4.79 Å². The molecule has 0 saturated carbocycles. The zero-order chi connectivity index (χ0) is 13.1. The molecule has 2 rings (SSSR count). The van der Waals surface area contributed by atoms with Crippen LogP contribution in [-0.4, -0.2) is 15.9 Å². The van der Waals surface area contributed by atoms with Crippen LogP contribution >= 0.6 is 0 Å². The van der Waals surface area contributed by atoms with E-state index in [9.17, 15) is 18.0 Å². The first-order chi connectivity index (χ1) is 8.56. The molecule has 92 valence electrons. The molecule has 0 spiro atoms. The van der Waals surface area contributed by atoms with E-state index < -0.39 is 23.6 Å². The van der Waals surface area contributed by atoms with E-state index in [2.05, 4.69) is 15.3 Å². The summed E-state index contributed by atoms with van der Waals surface area (Å²) in [6.07, 6.45) is 1.18. The minimum absolute atomic E-state index is 0.0711. The molecule has 1 N–H and O–H groups in total. The molecule has 0 fully saturated rings. The van der Waals surface area contributed by atoms with Crippen molar-refractivity contribution in [3.63, 3.8) is 0 Å². The predicted octanol–water partition coefficient (Wildman–Crippen LogP) is 2.15. The fraction of sp³-hybridized carbons (Fsp3) is 0. The molecule has 0 saturated heterocycles. The second-order valence-electron chi connectivity index (χ2n) is 3.32. The van der Waals surface area contributed by atoms with Crippen molar-refractivity contribution in [1.82, 2.24) is 9.97 Å². The second kappa shape index (κ2) is 4.82. The average molecular weight is 253 g/mol. The number of hydrogen-bond donors (Lipinski definition) is 1. The summed E-state index contributed by atoms with van der Waals surface area (Å²) >= 11 is 0. The van der Waals surface area contributed by atoms with Gasteiger partial charge in [0.15, 0.2) is 11.6 Å². The number of nitrogens with one attached hydrogen (secondary N) is 1. The lowest BCUT2D eigenvalue weighted by atomic mass is 10.2. The number of carbonyl (C=O) groups excluding carboxylic acids is 1. The molecule has 0 radical (unpaired) electrons. The molecule has 0 aliphatic heterocycles. The lowest BCUT2D eigenvalue weighted by molar-refractivity contribution is 0.102. The van der Waals surface area contributed by atoms with Crippen molar-refractivity contribution < 1.29 is 18.0 Å². The third-order valence-electron chi connectivity index (χ3n) is 2.06. The topological polar surface area (TPSA) is 54.9 Å². The van der Waals surface area contributed by atoms with E-state index in [4.69, 9.17) is 0 Å². The smallest absolute Gasteiger partial charge is 0.308 e. The highest BCUT2D eigenvalue weighted by Gasteiger charge is 2.10. The van der Waals surface area contributed by atoms with Gasteiger partial charge in [0, 0.05) is 5.56 Å². The number of anilines is 1. The maximum atomic E-state index is 12.9. The summed E-state index contributed by atoms with van der Waals surface area (Å²) < 4.78 is 38.0. The Morgan fingerprint density at radius 3 is 2.33 bits per heavy atom. The van der Waals surface area contributed by atoms with Crippen LogP contribution in [0.2, 0.25) is 0 Å². The first kappa shape index (κ1) is 12.0. The van der Waals surface area contributed by atoms with Crippen LogP contribution in [-0.2, 0) is 0 Å². The molecule has 7 heteroatoms. The molecule has 4 nitrogen and oxygen atoms in total. The van der Waals surface area contributed by atoms with Gasteiger partial charge in [0.05, 0.1) is 18.1 Å². The van der Waals surface area contributed by atoms with Crippen molar-refractivity contribution in [2.75, 3.05) is 5.32 Å². The fourth-order valence-corrected chi connectivity index (χ4v) is 1.22. The quantitative estimate of drug-likeness (QED) is 0.834. The van der Waals surface area contributed by atoms with Crippen LogP contribution in [0.3, 0.4) is 0 Å². The Kier molecular flexibility index (Phi) is 3.22. The average Bonchev–Trinajstić information content (AvgIpc) is 2.35. The van der Waals surface area contributed by atoms with E-state index in [1.54, 1.807) is 0 Å². The number of aromatic nitrogens is 2. The van der Waals surface area contributed by atoms with Crippen LogP contribution < -0.4 is 5.32 Å². The SMILES string of the molecule is O=C(Nc1cnc(F)nc1)c1ccc(F)c(F)c1. The van der Waals surface area contributed by atoms with Gasteiger partial charge in [0.2, 0.25) is 0 Å². The first-order valence-electron chi connectivity index (χ1n) is 4.80. The summed E-state index contributed by atoms with van der Waals surface area (Å²) in [5.41, 5.74) is 0.0735. The van der Waals surface area contributed by atoms with Gasteiger partial charge in [-0.1, -0.05) is 0 Å². The highest BCUT2D eigenvalue weighted by molar-refractivity contribution is 6.04. The number of nitrogens with zero attached hydrogens (tertiary/aromatic N) is 2. The molecule has 1 aromatic heterocycles. The molecule has 0 aliphatic carbocycles. The van der Waals surface area contributed by atoms with Gasteiger partial charge in [-0.05, 0) is 18.2 Å². The van der Waals surface area contributed by atoms with E-state index in [-0.39, 0.29) is 11.3 Å². The van der Waals surface area contributed by atoms with Crippen LogP contribution in [0.4, 0.5) is 18.9 Å². The summed E-state index contributed by atoms with van der Waals surface area (Å²) in [5, 5.41) is 2.31. The zero-order valence-electron chi connectivity index (χ0n) is 8.82. The van der Waals surface area contributed by atoms with Crippen molar-refractivity contribution in [3.8, 4) is 0 Å². The number of carbonyl (C=O) groups is 1. The van der Waals surface area contributed by atoms with Gasteiger partial charge in [-0.25, -0.2) is 18.7 Å². The summed E-state index contributed by atoms with van der Waals surface area (Å²) in [6, 6.07) is 2.72. The minimum Gasteiger partial charge on any atom is -0.319 e. The number of halogens is 3. The molecular weight excluding hydrogens is 247 g/mol. The molecule has 0 unspecified atom stereocenters. The Labute approximate surface area is 99.5 Å². The Bertz CT molecular complexity index is 587. The maximum absolute atomic E-state index is 12.9. The van der Waals surface area contributed by atoms with Crippen LogP contribution in [0.25, 0.3) is 0 Å². The highest BCUT2D eigenvalue weighted by Crippen LogP contribution is 2.11. The number of hydrogen-bond acceptors (Lipinski definition) is 3. The fourth-order valence-electron chi connectivity index (χ4n) is 1.22. The van der Waals surface area contributed by atoms with Gasteiger partial charge in [0.25, 0.3) is 5.91 Å². The standard InChI is InChI=1S/C11H6F3N3O/c12-8-2-1-6(3-9(8)13)10(18)17-7-4-15-11(14)16-5-7/h1-5H,(H,17,18). The summed E-state index contributed by atoms with van der Waals surface area (Å²) in [5.74, 6) is -2.85. The largest absolute Gasteiger partial charge is 0.319 e. The summed E-state index contributed by atoms with van der Waals surface area (Å²) in [7, 11) is 0. The summed E-state index contributed by atoms with van der Waals surface area (Å²) in [6.45, 7) is 0. The molecule has 0 aliphatic rings. The van der Waals surface area contributed by atoms with E-state index in [1.165, 1.54) is 0 Å². The van der Waals surface area contributed by atoms with Crippen molar-refractivity contribution >= 4 is 11.6 Å². The Balaban J connectivity index is 2.16. The van der Waals surface area contributed by atoms with Crippen LogP contribution in [0.15, 0.2) is 30.6 Å². The molecule has 1 amide bonds. The van der Waals surface area contributed by atoms with Crippen molar-refractivity contribution in [1.29, 1.82) is 0 Å². The Morgan fingerprint density at radius 1 is 1.06 bits per heavy atom. The van der Waals surface area contributed by atoms with Crippen LogP contribution in [0.1, 0.15) is 10.4 Å². The third kappa shape index (κ3) is 2.62. The van der Waals surface area contributed by atoms with Gasteiger partial charge in [0.1, 0.15) is 0 Å². The Morgan fingerprint density at radius 2 is 1.72 bits per heavy atom. The van der Waals surface area contributed by atoms with E-state index in [1.807, 2.05) is 0 Å². The summed E-state index contributed by atoms with van der Waals surface area (Å²) in [4.78, 5) is 18.1. The van der Waals surface area contributed by atoms with Crippen molar-refractivity contribution in [2.45, 2.75) is 0 Å². The lowest BCUT2D eigenvalue weighted by Crippen LogP contribution is -2.13. The number of rotatable bonds is 2. The maximum Gasteiger partial charge on any atom is 0.308 e. The highest BCUT2D eigenvalue weighted by atomic mass is 19.2. The van der Waals surface area contributed by atoms with E-state index >= 15 is 0 Å². The minimum atomic E-state index is -1.13. The monoisotopic (exact) mass is 253 g/mol. The van der Waals surface area contributed by atoms with E-state index in [0.29, 0.717) is 0 Å². The number of amides is 1. The van der Waals surface area contributed by atoms with Gasteiger partial charge in [-0.15, -0.1) is 0 Å². The van der Waals surface area contributed by atoms with Crippen molar-refractivity contribution in [2.24, 2.45) is 0 Å². The van der Waals surface area contributed by atoms with E-state index in [0.717, 1.165) is 30.6 Å². The molecular formula is C11H6F3N3O. The Hall–Kier alpha value is -2.44. The molecule has 1 heterocycles. The molecule has 0 atom stereocenters. The normalized spacial score (nSPS) is 10.2. The van der Waals surface area contributed by atoms with Crippen LogP contribution in [0.5, 0.6) is 0 Å². The van der Waals surface area contributed by atoms with Gasteiger partial charge < -0.3 is 5.32 Å². The van der Waals surface area contributed by atoms with Gasteiger partial charge >= 0.3 is 6.08 Å². The first-order valence-corrected chi connectivity index (χ1v) is 4.80. The molecule has 18 heavy (non-hydrogen) atoms. The molecule has 2 aromatic rings. The van der Waals surface area contributed by atoms with Crippen molar-refractivity contribution in [3.05, 3.63) is 53.9 Å².